The molecule has 1 spiro atoms. The van der Waals surface area contributed by atoms with Crippen LogP contribution in [0.4, 0.5) is 0 Å². The van der Waals surface area contributed by atoms with Gasteiger partial charge in [0.2, 0.25) is 5.60 Å². The van der Waals surface area contributed by atoms with Gasteiger partial charge in [-0.2, -0.15) is 0 Å². The summed E-state index contributed by atoms with van der Waals surface area (Å²) >= 11 is 0. The normalized spacial score (nSPS) is 27.8. The highest BCUT2D eigenvalue weighted by atomic mass is 16.7. The van der Waals surface area contributed by atoms with E-state index in [1.54, 1.807) is 0 Å². The minimum Gasteiger partial charge on any atom is -0.462 e. The Kier molecular flexibility index (Phi) is 1.96. The number of carbonyl (C=O) groups is 1. The van der Waals surface area contributed by atoms with Crippen molar-refractivity contribution in [1.82, 2.24) is 0 Å². The average molecular weight is 217 g/mol. The van der Waals surface area contributed by atoms with Gasteiger partial charge in [0.25, 0.3) is 0 Å². The summed E-state index contributed by atoms with van der Waals surface area (Å²) in [4.78, 5) is 16.8. The monoisotopic (exact) mass is 217 g/mol. The van der Waals surface area contributed by atoms with Crippen molar-refractivity contribution >= 4 is 11.7 Å². The molecule has 0 aromatic heterocycles. The number of hydrogen-bond acceptors (Lipinski definition) is 4. The van der Waals surface area contributed by atoms with Crippen LogP contribution in [-0.2, 0) is 14.4 Å². The second kappa shape index (κ2) is 3.33. The van der Waals surface area contributed by atoms with Crippen LogP contribution in [0.5, 0.6) is 0 Å². The molecule has 1 saturated heterocycles. The highest BCUT2D eigenvalue weighted by Gasteiger charge is 2.51. The second-order valence-electron chi connectivity index (χ2n) is 4.05. The highest BCUT2D eigenvalue weighted by Crippen LogP contribution is 2.34. The number of benzene rings is 1. The van der Waals surface area contributed by atoms with Crippen LogP contribution >= 0.6 is 0 Å². The number of rotatable bonds is 1. The lowest BCUT2D eigenvalue weighted by Gasteiger charge is -2.14. The first-order valence-electron chi connectivity index (χ1n) is 5.28. The van der Waals surface area contributed by atoms with Crippen molar-refractivity contribution in [3.05, 3.63) is 35.9 Å². The molecule has 82 valence electrons. The van der Waals surface area contributed by atoms with Crippen LogP contribution in [0.25, 0.3) is 0 Å². The maximum atomic E-state index is 11.6. The van der Waals surface area contributed by atoms with E-state index >= 15 is 0 Å². The molecule has 0 amide bonds. The molecule has 3 rings (SSSR count). The molecule has 0 radical (unpaired) electrons. The molecule has 1 unspecified atom stereocenters. The van der Waals surface area contributed by atoms with E-state index in [2.05, 4.69) is 5.16 Å². The molecule has 0 saturated carbocycles. The molecule has 4 heteroatoms. The van der Waals surface area contributed by atoms with Crippen LogP contribution in [0.15, 0.2) is 35.5 Å². The van der Waals surface area contributed by atoms with Crippen molar-refractivity contribution in [3.63, 3.8) is 0 Å². The smallest absolute Gasteiger partial charge is 0.353 e. The number of carbonyl (C=O) groups excluding carboxylic acids is 1. The first-order chi connectivity index (χ1) is 7.80. The molecule has 4 nitrogen and oxygen atoms in total. The van der Waals surface area contributed by atoms with E-state index in [9.17, 15) is 4.79 Å². The molecule has 2 aliphatic heterocycles. The number of esters is 1. The van der Waals surface area contributed by atoms with Gasteiger partial charge in [-0.15, -0.1) is 0 Å². The Labute approximate surface area is 92.8 Å². The number of ether oxygens (including phenoxy) is 1. The van der Waals surface area contributed by atoms with Crippen molar-refractivity contribution < 1.29 is 14.4 Å². The maximum Gasteiger partial charge on any atom is 0.353 e. The number of oxime groups is 1. The van der Waals surface area contributed by atoms with E-state index in [1.807, 2.05) is 30.3 Å². The molecule has 2 heterocycles. The van der Waals surface area contributed by atoms with Gasteiger partial charge in [-0.05, 0) is 5.56 Å². The molecule has 1 atom stereocenters. The van der Waals surface area contributed by atoms with Crippen LogP contribution in [0.3, 0.4) is 0 Å². The molecule has 16 heavy (non-hydrogen) atoms. The Morgan fingerprint density at radius 1 is 1.25 bits per heavy atom. The second-order valence-corrected chi connectivity index (χ2v) is 4.05. The van der Waals surface area contributed by atoms with Crippen LogP contribution in [0.1, 0.15) is 18.4 Å². The predicted molar refractivity (Wildman–Crippen MR) is 57.0 cm³/mol. The van der Waals surface area contributed by atoms with E-state index in [4.69, 9.17) is 9.57 Å². The minimum absolute atomic E-state index is 0.290. The van der Waals surface area contributed by atoms with Gasteiger partial charge in [-0.25, -0.2) is 4.79 Å². The summed E-state index contributed by atoms with van der Waals surface area (Å²) in [6, 6.07) is 9.74. The summed E-state index contributed by atoms with van der Waals surface area (Å²) in [5.74, 6) is -0.290. The quantitative estimate of drug-likeness (QED) is 0.670. The van der Waals surface area contributed by atoms with Crippen molar-refractivity contribution in [2.24, 2.45) is 5.16 Å². The summed E-state index contributed by atoms with van der Waals surface area (Å²) in [5.41, 5.74) is 0.976. The van der Waals surface area contributed by atoms with Crippen molar-refractivity contribution in [1.29, 1.82) is 0 Å². The fraction of sp³-hybridized carbons (Fsp3) is 0.333. The summed E-state index contributed by atoms with van der Waals surface area (Å²) in [5, 5.41) is 4.01. The molecule has 0 N–H and O–H groups in total. The fourth-order valence-electron chi connectivity index (χ4n) is 2.05. The lowest BCUT2D eigenvalue weighted by Crippen LogP contribution is -2.34. The van der Waals surface area contributed by atoms with E-state index < -0.39 is 5.60 Å². The first kappa shape index (κ1) is 9.39. The Morgan fingerprint density at radius 3 is 2.75 bits per heavy atom. The zero-order chi connectivity index (χ0) is 11.0. The predicted octanol–water partition coefficient (Wildman–Crippen LogP) is 1.50. The summed E-state index contributed by atoms with van der Waals surface area (Å²) < 4.78 is 4.94. The zero-order valence-corrected chi connectivity index (χ0v) is 8.68. The molecule has 1 aromatic carbocycles. The van der Waals surface area contributed by atoms with Gasteiger partial charge >= 0.3 is 5.97 Å². The van der Waals surface area contributed by atoms with Crippen LogP contribution < -0.4 is 0 Å². The topological polar surface area (TPSA) is 47.9 Å². The van der Waals surface area contributed by atoms with Gasteiger partial charge in [0.1, 0.15) is 0 Å². The van der Waals surface area contributed by atoms with Crippen molar-refractivity contribution in [3.8, 4) is 0 Å². The first-order valence-corrected chi connectivity index (χ1v) is 5.28. The lowest BCUT2D eigenvalue weighted by atomic mass is 9.93. The lowest BCUT2D eigenvalue weighted by molar-refractivity contribution is -0.155. The average Bonchev–Trinajstić information content (AvgIpc) is 2.90. The minimum atomic E-state index is -0.842. The summed E-state index contributed by atoms with van der Waals surface area (Å²) in [6.07, 6.45) is 1.10. The highest BCUT2D eigenvalue weighted by molar-refractivity contribution is 6.05. The number of hydrogen-bond donors (Lipinski definition) is 0. The molecule has 0 aliphatic carbocycles. The molecule has 0 bridgehead atoms. The third kappa shape index (κ3) is 1.30. The van der Waals surface area contributed by atoms with E-state index in [-0.39, 0.29) is 5.97 Å². The van der Waals surface area contributed by atoms with Gasteiger partial charge < -0.3 is 9.57 Å². The Hall–Kier alpha value is -1.84. The molecule has 1 fully saturated rings. The number of cyclic esters (lactones) is 1. The van der Waals surface area contributed by atoms with E-state index in [0.29, 0.717) is 19.4 Å². The van der Waals surface area contributed by atoms with Gasteiger partial charge in [-0.1, -0.05) is 35.5 Å². The van der Waals surface area contributed by atoms with Gasteiger partial charge in [0.05, 0.1) is 12.3 Å². The van der Waals surface area contributed by atoms with Gasteiger partial charge in [-0.3, -0.25) is 0 Å². The Bertz CT molecular complexity index is 455. The van der Waals surface area contributed by atoms with Crippen molar-refractivity contribution in [2.45, 2.75) is 18.4 Å². The Balaban J connectivity index is 1.85. The van der Waals surface area contributed by atoms with Crippen LogP contribution in [0.2, 0.25) is 0 Å². The molecular formula is C12H11NO3. The van der Waals surface area contributed by atoms with Crippen molar-refractivity contribution in [2.75, 3.05) is 6.61 Å². The van der Waals surface area contributed by atoms with E-state index in [1.165, 1.54) is 0 Å². The largest absolute Gasteiger partial charge is 0.462 e. The number of nitrogens with zero attached hydrogens (tertiary/aromatic N) is 1. The maximum absolute atomic E-state index is 11.6. The third-order valence-corrected chi connectivity index (χ3v) is 3.00. The fourth-order valence-corrected chi connectivity index (χ4v) is 2.05. The summed E-state index contributed by atoms with van der Waals surface area (Å²) in [7, 11) is 0. The molecular weight excluding hydrogens is 206 g/mol. The standard InChI is InChI=1S/C12H11NO3/c14-11-12(6-7-15-11)8-10(13-16-12)9-4-2-1-3-5-9/h1-5H,6-8H2. The Morgan fingerprint density at radius 2 is 2.06 bits per heavy atom. The molecule has 1 aromatic rings. The van der Waals surface area contributed by atoms with E-state index in [0.717, 1.165) is 11.3 Å². The van der Waals surface area contributed by atoms with Gasteiger partial charge in [0.15, 0.2) is 0 Å². The van der Waals surface area contributed by atoms with Gasteiger partial charge in [0, 0.05) is 12.8 Å². The molecule has 2 aliphatic rings. The van der Waals surface area contributed by atoms with Crippen LogP contribution in [-0.4, -0.2) is 23.9 Å². The van der Waals surface area contributed by atoms with Crippen LogP contribution in [0, 0.1) is 0 Å². The third-order valence-electron chi connectivity index (χ3n) is 3.00. The summed E-state index contributed by atoms with van der Waals surface area (Å²) in [6.45, 7) is 0.427. The SMILES string of the molecule is O=C1OCCC12CC(c1ccccc1)=NO2. The zero-order valence-electron chi connectivity index (χ0n) is 8.68.